The molecule has 3 fully saturated rings. The van der Waals surface area contributed by atoms with Gasteiger partial charge in [0, 0.05) is 23.7 Å². The second-order valence-electron chi connectivity index (χ2n) is 7.61. The number of hydrogen-bond acceptors (Lipinski definition) is 5. The van der Waals surface area contributed by atoms with Gasteiger partial charge in [0.15, 0.2) is 0 Å². The number of carbonyl (C=O) groups excluding carboxylic acids is 3. The first-order valence-electron chi connectivity index (χ1n) is 9.85. The number of hydrogen-bond donors (Lipinski definition) is 0. The molecule has 2 bridgehead atoms. The summed E-state index contributed by atoms with van der Waals surface area (Å²) in [6, 6.07) is 5.18. The standard InChI is InChI=1S/C22H17N5O4/c1-3-4-9-31-22(30)25-12-13-10-16(25)18-20(28)27(21(29)26(13)18)17-11-24-19(23-2)15-8-6-5-7-14(15)17/h1,5-8,11,13,16,18H,4,9-10,12H2/t13?,16-,18-/m1/s1. The summed E-state index contributed by atoms with van der Waals surface area (Å²) < 4.78 is 5.20. The number of amides is 4. The lowest BCUT2D eigenvalue weighted by molar-refractivity contribution is -0.121. The van der Waals surface area contributed by atoms with Crippen molar-refractivity contribution < 1.29 is 19.1 Å². The Bertz CT molecular complexity index is 1210. The Morgan fingerprint density at radius 3 is 2.84 bits per heavy atom. The van der Waals surface area contributed by atoms with E-state index in [-0.39, 0.29) is 18.5 Å². The van der Waals surface area contributed by atoms with Crippen LogP contribution < -0.4 is 4.90 Å². The molecule has 4 heterocycles. The highest BCUT2D eigenvalue weighted by atomic mass is 16.6. The fourth-order valence-corrected chi connectivity index (χ4v) is 4.80. The summed E-state index contributed by atoms with van der Waals surface area (Å²) in [6.07, 6.45) is 6.91. The molecule has 3 saturated heterocycles. The van der Waals surface area contributed by atoms with Crippen LogP contribution in [0.25, 0.3) is 15.6 Å². The number of likely N-dealkylation sites (tertiary alicyclic amines) is 1. The Balaban J connectivity index is 1.47. The first-order chi connectivity index (χ1) is 15.1. The molecule has 1 unspecified atom stereocenters. The molecule has 3 aliphatic rings. The van der Waals surface area contributed by atoms with Crippen molar-refractivity contribution in [3.8, 4) is 12.3 Å². The van der Waals surface area contributed by atoms with Crippen molar-refractivity contribution in [2.75, 3.05) is 18.1 Å². The second kappa shape index (κ2) is 6.99. The van der Waals surface area contributed by atoms with Gasteiger partial charge >= 0.3 is 12.1 Å². The smallest absolute Gasteiger partial charge is 0.410 e. The van der Waals surface area contributed by atoms with Crippen LogP contribution in [0.1, 0.15) is 12.8 Å². The van der Waals surface area contributed by atoms with E-state index in [9.17, 15) is 14.4 Å². The SMILES string of the molecule is [C-]#[N+]c1ncc(N2C(=O)[C@H]3[C@H]4CC(CN4C(=O)OCCC#C)N3C2=O)c2ccccc12. The maximum absolute atomic E-state index is 13.4. The van der Waals surface area contributed by atoms with Crippen LogP contribution in [-0.4, -0.2) is 64.1 Å². The van der Waals surface area contributed by atoms with Gasteiger partial charge in [0.05, 0.1) is 12.1 Å². The molecule has 0 aliphatic carbocycles. The van der Waals surface area contributed by atoms with Crippen LogP contribution in [0.3, 0.4) is 0 Å². The zero-order valence-corrected chi connectivity index (χ0v) is 16.4. The van der Waals surface area contributed by atoms with Crippen molar-refractivity contribution in [2.24, 2.45) is 0 Å². The largest absolute Gasteiger partial charge is 0.448 e. The Kier molecular flexibility index (Phi) is 4.26. The fourth-order valence-electron chi connectivity index (χ4n) is 4.80. The number of ether oxygens (including phenoxy) is 1. The molecule has 3 aliphatic heterocycles. The maximum Gasteiger partial charge on any atom is 0.410 e. The Labute approximate surface area is 178 Å². The van der Waals surface area contributed by atoms with Crippen molar-refractivity contribution in [3.05, 3.63) is 41.9 Å². The Hall–Kier alpha value is -4.11. The third-order valence-corrected chi connectivity index (χ3v) is 6.07. The van der Waals surface area contributed by atoms with E-state index < -0.39 is 30.1 Å². The van der Waals surface area contributed by atoms with E-state index in [2.05, 4.69) is 15.7 Å². The van der Waals surface area contributed by atoms with Gasteiger partial charge in [0.25, 0.3) is 11.7 Å². The van der Waals surface area contributed by atoms with Crippen LogP contribution in [0.4, 0.5) is 21.1 Å². The summed E-state index contributed by atoms with van der Waals surface area (Å²) >= 11 is 0. The van der Waals surface area contributed by atoms with Gasteiger partial charge in [-0.05, 0) is 6.42 Å². The van der Waals surface area contributed by atoms with Crippen molar-refractivity contribution in [2.45, 2.75) is 31.0 Å². The summed E-state index contributed by atoms with van der Waals surface area (Å²) in [7, 11) is 0. The molecule has 5 rings (SSSR count). The second-order valence-corrected chi connectivity index (χ2v) is 7.61. The molecule has 0 spiro atoms. The van der Waals surface area contributed by atoms with Crippen LogP contribution in [-0.2, 0) is 9.53 Å². The number of pyridine rings is 1. The molecule has 1 aromatic carbocycles. The van der Waals surface area contributed by atoms with E-state index in [0.29, 0.717) is 35.8 Å². The molecule has 1 aromatic heterocycles. The van der Waals surface area contributed by atoms with Gasteiger partial charge in [-0.3, -0.25) is 4.79 Å². The average molecular weight is 415 g/mol. The molecule has 0 radical (unpaired) electrons. The number of fused-ring (bicyclic) bond motifs is 6. The maximum atomic E-state index is 13.4. The van der Waals surface area contributed by atoms with E-state index in [1.165, 1.54) is 11.1 Å². The highest BCUT2D eigenvalue weighted by Gasteiger charge is 2.63. The summed E-state index contributed by atoms with van der Waals surface area (Å²) in [5.41, 5.74) is 0.343. The van der Waals surface area contributed by atoms with Gasteiger partial charge in [0.2, 0.25) is 0 Å². The van der Waals surface area contributed by atoms with E-state index in [0.717, 1.165) is 4.90 Å². The van der Waals surface area contributed by atoms with Gasteiger partial charge in [-0.1, -0.05) is 30.8 Å². The number of urea groups is 1. The summed E-state index contributed by atoms with van der Waals surface area (Å²) in [5, 5.41) is 1.17. The fraction of sp³-hybridized carbons (Fsp3) is 0.318. The monoisotopic (exact) mass is 415 g/mol. The molecule has 0 N–H and O–H groups in total. The van der Waals surface area contributed by atoms with Crippen molar-refractivity contribution >= 4 is 40.3 Å². The minimum absolute atomic E-state index is 0.113. The van der Waals surface area contributed by atoms with Crippen LogP contribution >= 0.6 is 0 Å². The van der Waals surface area contributed by atoms with Crippen LogP contribution in [0.15, 0.2) is 30.5 Å². The molecule has 9 heteroatoms. The number of imide groups is 1. The first-order valence-corrected chi connectivity index (χ1v) is 9.85. The van der Waals surface area contributed by atoms with E-state index in [4.69, 9.17) is 17.7 Å². The van der Waals surface area contributed by atoms with Gasteiger partial charge in [-0.25, -0.2) is 14.5 Å². The minimum Gasteiger partial charge on any atom is -0.448 e. The number of carbonyl (C=O) groups is 3. The number of anilines is 1. The van der Waals surface area contributed by atoms with Crippen LogP contribution in [0.2, 0.25) is 0 Å². The summed E-state index contributed by atoms with van der Waals surface area (Å²) in [5.74, 6) is 2.22. The van der Waals surface area contributed by atoms with Gasteiger partial charge < -0.3 is 19.4 Å². The van der Waals surface area contributed by atoms with E-state index in [1.54, 1.807) is 29.2 Å². The number of piperazine rings is 1. The zero-order chi connectivity index (χ0) is 21.7. The van der Waals surface area contributed by atoms with Gasteiger partial charge in [-0.15, -0.1) is 17.3 Å². The van der Waals surface area contributed by atoms with Crippen molar-refractivity contribution in [1.29, 1.82) is 0 Å². The quantitative estimate of drug-likeness (QED) is 0.333. The normalized spacial score (nSPS) is 23.8. The van der Waals surface area contributed by atoms with Gasteiger partial charge in [0.1, 0.15) is 24.5 Å². The number of aromatic nitrogens is 1. The Morgan fingerprint density at radius 2 is 2.10 bits per heavy atom. The molecule has 2 aromatic rings. The van der Waals surface area contributed by atoms with Crippen LogP contribution in [0.5, 0.6) is 0 Å². The lowest BCUT2D eigenvalue weighted by Gasteiger charge is -2.34. The molecule has 154 valence electrons. The topological polar surface area (TPSA) is 87.4 Å². The van der Waals surface area contributed by atoms with Crippen molar-refractivity contribution in [1.82, 2.24) is 14.8 Å². The third kappa shape index (κ3) is 2.63. The highest BCUT2D eigenvalue weighted by molar-refractivity contribution is 6.25. The first kappa shape index (κ1) is 18.9. The van der Waals surface area contributed by atoms with E-state index in [1.807, 2.05) is 0 Å². The van der Waals surface area contributed by atoms with Crippen LogP contribution in [0, 0.1) is 18.9 Å². The predicted octanol–water partition coefficient (Wildman–Crippen LogP) is 2.54. The molecule has 0 saturated carbocycles. The van der Waals surface area contributed by atoms with E-state index >= 15 is 0 Å². The third-order valence-electron chi connectivity index (χ3n) is 6.07. The van der Waals surface area contributed by atoms with Gasteiger partial charge in [-0.2, -0.15) is 0 Å². The lowest BCUT2D eigenvalue weighted by atomic mass is 10.1. The average Bonchev–Trinajstić information content (AvgIpc) is 3.45. The summed E-state index contributed by atoms with van der Waals surface area (Å²) in [4.78, 5) is 50.9. The summed E-state index contributed by atoms with van der Waals surface area (Å²) in [6.45, 7) is 7.75. The number of terminal acetylenes is 1. The predicted molar refractivity (Wildman–Crippen MR) is 110 cm³/mol. The zero-order valence-electron chi connectivity index (χ0n) is 16.4. The number of rotatable bonds is 3. The Morgan fingerprint density at radius 1 is 1.32 bits per heavy atom. The molecular formula is C22H17N5O4. The molecule has 4 amide bonds. The molecular weight excluding hydrogens is 398 g/mol. The highest BCUT2D eigenvalue weighted by Crippen LogP contribution is 2.44. The number of nitrogens with zero attached hydrogens (tertiary/aromatic N) is 5. The molecule has 9 nitrogen and oxygen atoms in total. The lowest BCUT2D eigenvalue weighted by Crippen LogP contribution is -2.55. The molecule has 3 atom stereocenters. The van der Waals surface area contributed by atoms with Crippen molar-refractivity contribution in [3.63, 3.8) is 0 Å². The minimum atomic E-state index is -0.759. The number of benzene rings is 1. The molecule has 31 heavy (non-hydrogen) atoms.